The molecule has 21 heavy (non-hydrogen) atoms. The van der Waals surface area contributed by atoms with Crippen molar-refractivity contribution in [3.8, 4) is 0 Å². The van der Waals surface area contributed by atoms with Crippen LogP contribution in [0.2, 0.25) is 0 Å². The quantitative estimate of drug-likeness (QED) is 0.808. The number of nitrogens with one attached hydrogen (secondary N) is 2. The van der Waals surface area contributed by atoms with E-state index in [4.69, 9.17) is 0 Å². The fourth-order valence-electron chi connectivity index (χ4n) is 2.43. The average Bonchev–Trinajstić information content (AvgIpc) is 2.43. The molecule has 1 aliphatic heterocycles. The molecule has 0 aliphatic carbocycles. The molecule has 7 heteroatoms. The van der Waals surface area contributed by atoms with Crippen LogP contribution in [0.5, 0.6) is 0 Å². The van der Waals surface area contributed by atoms with Crippen molar-refractivity contribution in [1.29, 1.82) is 0 Å². The number of hydrogen-bond acceptors (Lipinski definition) is 4. The Kier molecular flexibility index (Phi) is 6.14. The normalized spacial score (nSPS) is 19.7. The fraction of sp³-hybridized carbons (Fsp3) is 0.571. The van der Waals surface area contributed by atoms with Crippen molar-refractivity contribution in [2.75, 3.05) is 18.6 Å². The maximum atomic E-state index is 12.7. The van der Waals surface area contributed by atoms with Crippen LogP contribution in [0.1, 0.15) is 24.0 Å². The highest BCUT2D eigenvalue weighted by atomic mass is 79.9. The first kappa shape index (κ1) is 17.3. The van der Waals surface area contributed by atoms with E-state index < -0.39 is 10.0 Å². The van der Waals surface area contributed by atoms with Gasteiger partial charge in [0.15, 0.2) is 0 Å². The molecule has 1 atom stereocenters. The number of benzene rings is 1. The van der Waals surface area contributed by atoms with E-state index in [1.165, 1.54) is 0 Å². The first-order chi connectivity index (χ1) is 9.94. The molecule has 1 unspecified atom stereocenters. The van der Waals surface area contributed by atoms with Gasteiger partial charge in [0, 0.05) is 22.8 Å². The van der Waals surface area contributed by atoms with E-state index in [9.17, 15) is 8.42 Å². The molecule has 1 fully saturated rings. The van der Waals surface area contributed by atoms with Gasteiger partial charge in [0.25, 0.3) is 0 Å². The van der Waals surface area contributed by atoms with Gasteiger partial charge in [0.05, 0.1) is 4.90 Å². The molecule has 118 valence electrons. The second-order valence-electron chi connectivity index (χ2n) is 5.29. The molecule has 0 bridgehead atoms. The molecule has 1 aromatic rings. The van der Waals surface area contributed by atoms with Crippen molar-refractivity contribution in [3.05, 3.63) is 27.7 Å². The second kappa shape index (κ2) is 7.46. The first-order valence-electron chi connectivity index (χ1n) is 6.97. The van der Waals surface area contributed by atoms with Crippen LogP contribution in [-0.4, -0.2) is 33.0 Å². The van der Waals surface area contributed by atoms with Crippen molar-refractivity contribution in [3.63, 3.8) is 0 Å². The Labute approximate surface area is 139 Å². The SMILES string of the molecule is CNCc1cc(C)c(Br)c(S(=O)(=O)NC2CCCSC2)c1. The zero-order chi connectivity index (χ0) is 15.5. The number of sulfonamides is 1. The van der Waals surface area contributed by atoms with Crippen molar-refractivity contribution < 1.29 is 8.42 Å². The van der Waals surface area contributed by atoms with Crippen LogP contribution in [0.4, 0.5) is 0 Å². The smallest absolute Gasteiger partial charge is 0.241 e. The molecule has 0 saturated carbocycles. The predicted molar refractivity (Wildman–Crippen MR) is 92.3 cm³/mol. The van der Waals surface area contributed by atoms with Gasteiger partial charge in [0.2, 0.25) is 10.0 Å². The number of aryl methyl sites for hydroxylation is 1. The van der Waals surface area contributed by atoms with Crippen LogP contribution in [0.25, 0.3) is 0 Å². The molecule has 1 aliphatic rings. The summed E-state index contributed by atoms with van der Waals surface area (Å²) in [5.41, 5.74) is 1.90. The third-order valence-corrected chi connectivity index (χ3v) is 7.51. The van der Waals surface area contributed by atoms with Gasteiger partial charge in [0.1, 0.15) is 0 Å². The van der Waals surface area contributed by atoms with Gasteiger partial charge in [-0.05, 0) is 65.7 Å². The molecule has 1 heterocycles. The highest BCUT2D eigenvalue weighted by molar-refractivity contribution is 9.10. The molecule has 0 radical (unpaired) electrons. The van der Waals surface area contributed by atoms with Crippen LogP contribution in [0, 0.1) is 6.92 Å². The maximum absolute atomic E-state index is 12.7. The zero-order valence-corrected chi connectivity index (χ0v) is 15.5. The number of hydrogen-bond donors (Lipinski definition) is 2. The Balaban J connectivity index is 2.29. The van der Waals surface area contributed by atoms with Crippen LogP contribution in [-0.2, 0) is 16.6 Å². The molecule has 0 spiro atoms. The summed E-state index contributed by atoms with van der Waals surface area (Å²) in [6, 6.07) is 3.77. The van der Waals surface area contributed by atoms with Gasteiger partial charge in [-0.25, -0.2) is 13.1 Å². The third kappa shape index (κ3) is 4.45. The second-order valence-corrected chi connectivity index (χ2v) is 8.92. The summed E-state index contributed by atoms with van der Waals surface area (Å²) in [6.07, 6.45) is 1.98. The van der Waals surface area contributed by atoms with Crippen LogP contribution < -0.4 is 10.0 Å². The minimum Gasteiger partial charge on any atom is -0.316 e. The maximum Gasteiger partial charge on any atom is 0.241 e. The van der Waals surface area contributed by atoms with Crippen LogP contribution >= 0.6 is 27.7 Å². The summed E-state index contributed by atoms with van der Waals surface area (Å²) in [4.78, 5) is 0.336. The van der Waals surface area contributed by atoms with Crippen molar-refractivity contribution in [2.24, 2.45) is 0 Å². The Morgan fingerprint density at radius 2 is 2.19 bits per heavy atom. The van der Waals surface area contributed by atoms with Gasteiger partial charge >= 0.3 is 0 Å². The monoisotopic (exact) mass is 392 g/mol. The number of thioether (sulfide) groups is 1. The van der Waals surface area contributed by atoms with E-state index in [1.807, 2.05) is 31.8 Å². The van der Waals surface area contributed by atoms with Gasteiger partial charge in [-0.3, -0.25) is 0 Å². The molecule has 1 saturated heterocycles. The molecule has 0 amide bonds. The summed E-state index contributed by atoms with van der Waals surface area (Å²) < 4.78 is 28.8. The van der Waals surface area contributed by atoms with Gasteiger partial charge in [-0.2, -0.15) is 11.8 Å². The van der Waals surface area contributed by atoms with E-state index in [2.05, 4.69) is 26.0 Å². The minimum absolute atomic E-state index is 0.0360. The van der Waals surface area contributed by atoms with Gasteiger partial charge in [-0.15, -0.1) is 0 Å². The van der Waals surface area contributed by atoms with Gasteiger partial charge in [-0.1, -0.05) is 6.07 Å². The largest absolute Gasteiger partial charge is 0.316 e. The van der Waals surface area contributed by atoms with Crippen molar-refractivity contribution in [2.45, 2.75) is 37.2 Å². The van der Waals surface area contributed by atoms with Crippen molar-refractivity contribution in [1.82, 2.24) is 10.0 Å². The predicted octanol–water partition coefficient (Wildman–Crippen LogP) is 2.65. The first-order valence-corrected chi connectivity index (χ1v) is 10.4. The number of halogens is 1. The summed E-state index contributed by atoms with van der Waals surface area (Å²) in [5.74, 6) is 1.98. The van der Waals surface area contributed by atoms with E-state index in [-0.39, 0.29) is 6.04 Å². The standard InChI is InChI=1S/C14H21BrN2O2S2/c1-10-6-11(8-16-2)7-13(14(10)15)21(18,19)17-12-4-3-5-20-9-12/h6-7,12,16-17H,3-5,8-9H2,1-2H3. The lowest BCUT2D eigenvalue weighted by molar-refractivity contribution is 0.542. The van der Waals surface area contributed by atoms with E-state index >= 15 is 0 Å². The van der Waals surface area contributed by atoms with Crippen LogP contribution in [0.3, 0.4) is 0 Å². The highest BCUT2D eigenvalue weighted by Gasteiger charge is 2.25. The number of rotatable bonds is 5. The topological polar surface area (TPSA) is 58.2 Å². The Morgan fingerprint density at radius 1 is 1.43 bits per heavy atom. The lowest BCUT2D eigenvalue weighted by Crippen LogP contribution is -2.38. The molecule has 1 aromatic carbocycles. The summed E-state index contributed by atoms with van der Waals surface area (Å²) in [6.45, 7) is 2.56. The Morgan fingerprint density at radius 3 is 2.81 bits per heavy atom. The lowest BCUT2D eigenvalue weighted by atomic mass is 10.1. The Bertz CT molecular complexity index is 599. The lowest BCUT2D eigenvalue weighted by Gasteiger charge is -2.23. The molecular weight excluding hydrogens is 372 g/mol. The molecule has 4 nitrogen and oxygen atoms in total. The fourth-order valence-corrected chi connectivity index (χ4v) is 5.94. The molecular formula is C14H21BrN2O2S2. The van der Waals surface area contributed by atoms with E-state index in [0.29, 0.717) is 15.9 Å². The van der Waals surface area contributed by atoms with Crippen molar-refractivity contribution >= 4 is 37.7 Å². The highest BCUT2D eigenvalue weighted by Crippen LogP contribution is 2.28. The summed E-state index contributed by atoms with van der Waals surface area (Å²) in [7, 11) is -1.64. The average molecular weight is 393 g/mol. The van der Waals surface area contributed by atoms with Crippen LogP contribution in [0.15, 0.2) is 21.5 Å². The minimum atomic E-state index is -3.49. The summed E-state index contributed by atoms with van der Waals surface area (Å²) in [5, 5.41) is 3.06. The Hall–Kier alpha value is -0.0800. The summed E-state index contributed by atoms with van der Waals surface area (Å²) >= 11 is 5.23. The molecule has 0 aromatic heterocycles. The third-order valence-electron chi connectivity index (χ3n) is 3.43. The molecule has 2 N–H and O–H groups in total. The van der Waals surface area contributed by atoms with Gasteiger partial charge < -0.3 is 5.32 Å². The molecule has 2 rings (SSSR count). The zero-order valence-electron chi connectivity index (χ0n) is 12.3. The van der Waals surface area contributed by atoms with E-state index in [0.717, 1.165) is 35.5 Å². The van der Waals surface area contributed by atoms with E-state index in [1.54, 1.807) is 6.07 Å².